The Morgan fingerprint density at radius 2 is 2.50 bits per heavy atom. The first kappa shape index (κ1) is 5.82. The Labute approximate surface area is 49.6 Å². The van der Waals surface area contributed by atoms with Crippen LogP contribution < -0.4 is 0 Å². The summed E-state index contributed by atoms with van der Waals surface area (Å²) in [6.45, 7) is 0. The highest BCUT2D eigenvalue weighted by molar-refractivity contribution is 7.92. The number of allylic oxidation sites excluding steroid dienone is 1. The molecule has 0 bridgehead atoms. The van der Waals surface area contributed by atoms with Crippen molar-refractivity contribution in [2.45, 2.75) is 6.42 Å². The molecule has 1 atom stereocenters. The fraction of sp³-hybridized carbons (Fsp3) is 0.600. The molecule has 0 aromatic carbocycles. The second kappa shape index (κ2) is 1.90. The van der Waals surface area contributed by atoms with Gasteiger partial charge in [0.1, 0.15) is 0 Å². The topological polar surface area (TPSA) is 40.9 Å². The van der Waals surface area contributed by atoms with Crippen molar-refractivity contribution in [3.05, 3.63) is 12.2 Å². The molecule has 0 spiro atoms. The van der Waals surface area contributed by atoms with E-state index in [1.54, 1.807) is 6.08 Å². The first-order valence-electron chi connectivity index (χ1n) is 2.50. The van der Waals surface area contributed by atoms with Gasteiger partial charge in [-0.3, -0.25) is 4.78 Å². The predicted molar refractivity (Wildman–Crippen MR) is 33.0 cm³/mol. The molecule has 1 heterocycles. The zero-order valence-corrected chi connectivity index (χ0v) is 5.33. The third-order valence-electron chi connectivity index (χ3n) is 1.07. The van der Waals surface area contributed by atoms with Gasteiger partial charge in [0.25, 0.3) is 0 Å². The summed E-state index contributed by atoms with van der Waals surface area (Å²) in [5.41, 5.74) is 0. The van der Waals surface area contributed by atoms with Crippen LogP contribution in [0.25, 0.3) is 0 Å². The first-order valence-corrected chi connectivity index (χ1v) is 4.39. The van der Waals surface area contributed by atoms with Gasteiger partial charge in [-0.05, 0) is 12.5 Å². The third kappa shape index (κ3) is 1.33. The molecule has 0 fully saturated rings. The molecule has 1 aliphatic heterocycles. The fourth-order valence-electron chi connectivity index (χ4n) is 0.603. The van der Waals surface area contributed by atoms with Crippen LogP contribution in [0, 0.1) is 10.9 Å². The van der Waals surface area contributed by atoms with E-state index in [-0.39, 0.29) is 0 Å². The van der Waals surface area contributed by atoms with Crippen LogP contribution in [0.5, 0.6) is 0 Å². The van der Waals surface area contributed by atoms with Crippen molar-refractivity contribution < 1.29 is 4.21 Å². The molecular weight excluding hydrogens is 122 g/mol. The van der Waals surface area contributed by atoms with Gasteiger partial charge in [0, 0.05) is 15.5 Å². The second-order valence-corrected chi connectivity index (χ2v) is 4.21. The van der Waals surface area contributed by atoms with Gasteiger partial charge >= 0.3 is 0 Å². The van der Waals surface area contributed by atoms with Crippen LogP contribution in [0.3, 0.4) is 0 Å². The Hall–Kier alpha value is -0.310. The Balaban J connectivity index is 2.79. The molecule has 8 heavy (non-hydrogen) atoms. The largest absolute Gasteiger partial charge is 0.253 e. The lowest BCUT2D eigenvalue weighted by Gasteiger charge is -2.04. The van der Waals surface area contributed by atoms with Crippen LogP contribution in [-0.2, 0) is 9.73 Å². The van der Waals surface area contributed by atoms with Gasteiger partial charge in [0.05, 0.1) is 5.75 Å². The van der Waals surface area contributed by atoms with Gasteiger partial charge < -0.3 is 0 Å². The van der Waals surface area contributed by atoms with Crippen LogP contribution in [0.1, 0.15) is 6.42 Å². The summed E-state index contributed by atoms with van der Waals surface area (Å²) < 4.78 is 17.9. The van der Waals surface area contributed by atoms with E-state index in [0.29, 0.717) is 17.9 Å². The molecule has 0 saturated carbocycles. The fourth-order valence-corrected chi connectivity index (χ4v) is 1.60. The molecule has 3 heteroatoms. The molecule has 0 amide bonds. The number of hydrogen-bond donors (Lipinski definition) is 1. The van der Waals surface area contributed by atoms with E-state index in [4.69, 9.17) is 4.78 Å². The summed E-state index contributed by atoms with van der Waals surface area (Å²) >= 11 is 0. The first-order chi connectivity index (χ1) is 3.71. The van der Waals surface area contributed by atoms with Crippen molar-refractivity contribution in [2.24, 2.45) is 0 Å². The van der Waals surface area contributed by atoms with Gasteiger partial charge in [-0.15, -0.1) is 0 Å². The summed E-state index contributed by atoms with van der Waals surface area (Å²) in [7, 11) is -2.20. The van der Waals surface area contributed by atoms with Crippen LogP contribution >= 0.6 is 0 Å². The van der Waals surface area contributed by atoms with E-state index >= 15 is 0 Å². The lowest BCUT2D eigenvalue weighted by Crippen LogP contribution is -2.10. The maximum atomic E-state index is 10.8. The Kier molecular flexibility index (Phi) is 1.38. The van der Waals surface area contributed by atoms with Gasteiger partial charge in [0.2, 0.25) is 0 Å². The van der Waals surface area contributed by atoms with E-state index in [1.807, 2.05) is 0 Å². The van der Waals surface area contributed by atoms with E-state index < -0.39 is 9.73 Å². The van der Waals surface area contributed by atoms with E-state index in [0.717, 1.165) is 0 Å². The molecule has 0 aliphatic carbocycles. The average Bonchev–Trinajstić information content (AvgIpc) is 1.65. The summed E-state index contributed by atoms with van der Waals surface area (Å²) in [4.78, 5) is 0. The predicted octanol–water partition coefficient (Wildman–Crippen LogP) is 0.796. The van der Waals surface area contributed by atoms with Crippen molar-refractivity contribution in [1.29, 1.82) is 4.78 Å². The maximum Gasteiger partial charge on any atom is 0.0501 e. The van der Waals surface area contributed by atoms with Crippen molar-refractivity contribution in [3.8, 4) is 0 Å². The van der Waals surface area contributed by atoms with Crippen molar-refractivity contribution in [1.82, 2.24) is 0 Å². The number of hydrogen-bond acceptors (Lipinski definition) is 2. The van der Waals surface area contributed by atoms with Crippen LogP contribution in [-0.4, -0.2) is 15.7 Å². The van der Waals surface area contributed by atoms with E-state index in [1.165, 1.54) is 0 Å². The highest BCUT2D eigenvalue weighted by atomic mass is 32.2. The van der Waals surface area contributed by atoms with Crippen molar-refractivity contribution in [3.63, 3.8) is 0 Å². The number of nitrogens with one attached hydrogen (secondary N) is 1. The highest BCUT2D eigenvalue weighted by Gasteiger charge is 2.05. The molecule has 1 rings (SSSR count). The molecule has 1 unspecified atom stereocenters. The molecule has 0 saturated heterocycles. The molecule has 0 aromatic heterocycles. The maximum absolute atomic E-state index is 10.8. The summed E-state index contributed by atoms with van der Waals surface area (Å²) in [6, 6.07) is 0. The van der Waals surface area contributed by atoms with Crippen LogP contribution in [0.4, 0.5) is 0 Å². The molecule has 2 nitrogen and oxygen atoms in total. The monoisotopic (exact) mass is 130 g/mol. The molecule has 1 aliphatic rings. The Morgan fingerprint density at radius 1 is 1.75 bits per heavy atom. The second-order valence-electron chi connectivity index (χ2n) is 1.84. The standard InChI is InChI=1S/C5H8NOS/c6-8(7)4-2-1-3-5-8/h2,6H,3-5H2. The summed E-state index contributed by atoms with van der Waals surface area (Å²) in [5.74, 6) is 0.913. The smallest absolute Gasteiger partial charge is 0.0501 e. The molecule has 45 valence electrons. The molecule has 1 radical (unpaired) electrons. The average molecular weight is 130 g/mol. The lowest BCUT2D eigenvalue weighted by atomic mass is 10.4. The summed E-state index contributed by atoms with van der Waals surface area (Å²) in [5, 5.41) is 0. The minimum absolute atomic E-state index is 0.410. The van der Waals surface area contributed by atoms with E-state index in [9.17, 15) is 4.21 Å². The minimum atomic E-state index is -2.20. The van der Waals surface area contributed by atoms with E-state index in [2.05, 4.69) is 6.08 Å². The minimum Gasteiger partial charge on any atom is -0.253 e. The molecule has 0 aromatic rings. The van der Waals surface area contributed by atoms with Crippen LogP contribution in [0.15, 0.2) is 6.08 Å². The number of rotatable bonds is 0. The summed E-state index contributed by atoms with van der Waals surface area (Å²) in [6.07, 6.45) is 5.32. The zero-order valence-electron chi connectivity index (χ0n) is 4.52. The SMILES string of the molecule is N=S1(=O)CC=[C]CC1. The Bertz CT molecular complexity index is 190. The molecular formula is C5H8NOS. The van der Waals surface area contributed by atoms with Gasteiger partial charge in [0.15, 0.2) is 0 Å². The van der Waals surface area contributed by atoms with Gasteiger partial charge in [-0.25, -0.2) is 4.21 Å². The Morgan fingerprint density at radius 3 is 2.75 bits per heavy atom. The quantitative estimate of drug-likeness (QED) is 0.517. The molecule has 1 N–H and O–H groups in total. The van der Waals surface area contributed by atoms with Crippen molar-refractivity contribution in [2.75, 3.05) is 11.5 Å². The van der Waals surface area contributed by atoms with Crippen molar-refractivity contribution >= 4 is 9.73 Å². The normalized spacial score (nSPS) is 37.5. The zero-order chi connectivity index (χ0) is 6.04. The third-order valence-corrected chi connectivity index (χ3v) is 2.64. The van der Waals surface area contributed by atoms with Gasteiger partial charge in [-0.1, -0.05) is 6.08 Å². The van der Waals surface area contributed by atoms with Gasteiger partial charge in [-0.2, -0.15) is 0 Å². The van der Waals surface area contributed by atoms with Crippen LogP contribution in [0.2, 0.25) is 0 Å². The highest BCUT2D eigenvalue weighted by Crippen LogP contribution is 2.01. The lowest BCUT2D eigenvalue weighted by molar-refractivity contribution is 0.675.